The largest absolute Gasteiger partial charge is 0.481 e. The molecule has 0 aromatic rings. The van der Waals surface area contributed by atoms with Crippen LogP contribution in [0, 0.1) is 17.3 Å². The van der Waals surface area contributed by atoms with Crippen molar-refractivity contribution in [3.63, 3.8) is 0 Å². The molecule has 0 spiro atoms. The smallest absolute Gasteiger partial charge is 0.303 e. The number of nitrogens with two attached hydrogens (primary N) is 1. The standard InChI is InChI=1S/C11H17NO2/c1-7-2-8-4-11(6-12,5-10(13)14)9(8)3-7/h3,8-9H,2,4-6,12H2,1H3,(H,13,14)/t8-,9+,11+/m1/s1. The molecule has 3 heteroatoms. The van der Waals surface area contributed by atoms with Gasteiger partial charge in [0.05, 0.1) is 6.42 Å². The van der Waals surface area contributed by atoms with Crippen molar-refractivity contribution in [2.24, 2.45) is 23.0 Å². The van der Waals surface area contributed by atoms with Gasteiger partial charge in [-0.15, -0.1) is 0 Å². The molecule has 0 heterocycles. The molecule has 3 atom stereocenters. The van der Waals surface area contributed by atoms with Gasteiger partial charge in [-0.25, -0.2) is 0 Å². The zero-order chi connectivity index (χ0) is 10.3. The summed E-state index contributed by atoms with van der Waals surface area (Å²) in [4.78, 5) is 10.8. The zero-order valence-electron chi connectivity index (χ0n) is 8.49. The lowest BCUT2D eigenvalue weighted by molar-refractivity contribution is -0.144. The highest BCUT2D eigenvalue weighted by atomic mass is 16.4. The number of carboxylic acid groups (broad SMARTS) is 1. The minimum Gasteiger partial charge on any atom is -0.481 e. The lowest BCUT2D eigenvalue weighted by atomic mass is 9.53. The molecule has 0 bridgehead atoms. The van der Waals surface area contributed by atoms with E-state index in [2.05, 4.69) is 13.0 Å². The van der Waals surface area contributed by atoms with E-state index >= 15 is 0 Å². The Morgan fingerprint density at radius 2 is 2.50 bits per heavy atom. The number of carbonyl (C=O) groups is 1. The van der Waals surface area contributed by atoms with Crippen LogP contribution in [0.2, 0.25) is 0 Å². The Bertz CT molecular complexity index is 298. The van der Waals surface area contributed by atoms with Crippen molar-refractivity contribution < 1.29 is 9.90 Å². The molecule has 0 radical (unpaired) electrons. The Kier molecular flexibility index (Phi) is 2.14. The minimum atomic E-state index is -0.716. The molecule has 0 saturated heterocycles. The maximum Gasteiger partial charge on any atom is 0.303 e. The fourth-order valence-electron chi connectivity index (χ4n) is 3.21. The van der Waals surface area contributed by atoms with E-state index in [9.17, 15) is 4.79 Å². The number of fused-ring (bicyclic) bond motifs is 1. The lowest BCUT2D eigenvalue weighted by Gasteiger charge is -2.51. The van der Waals surface area contributed by atoms with Crippen molar-refractivity contribution in [3.05, 3.63) is 11.6 Å². The Labute approximate surface area is 84.0 Å². The van der Waals surface area contributed by atoms with Gasteiger partial charge in [0.25, 0.3) is 0 Å². The normalized spacial score (nSPS) is 40.0. The zero-order valence-corrected chi connectivity index (χ0v) is 8.49. The van der Waals surface area contributed by atoms with E-state index in [1.165, 1.54) is 5.57 Å². The molecular formula is C11H17NO2. The van der Waals surface area contributed by atoms with E-state index in [0.29, 0.717) is 18.4 Å². The van der Waals surface area contributed by atoms with E-state index in [-0.39, 0.29) is 11.8 Å². The number of rotatable bonds is 3. The number of hydrogen-bond donors (Lipinski definition) is 2. The SMILES string of the molecule is CC1=C[C@H]2[C@H](C1)C[C@@]2(CN)CC(=O)O. The first-order valence-corrected chi connectivity index (χ1v) is 5.16. The highest BCUT2D eigenvalue weighted by Crippen LogP contribution is 2.59. The van der Waals surface area contributed by atoms with Crippen molar-refractivity contribution in [3.8, 4) is 0 Å². The van der Waals surface area contributed by atoms with E-state index in [4.69, 9.17) is 10.8 Å². The third kappa shape index (κ3) is 1.27. The van der Waals surface area contributed by atoms with Gasteiger partial charge in [-0.3, -0.25) is 4.79 Å². The molecule has 14 heavy (non-hydrogen) atoms. The molecule has 2 aliphatic carbocycles. The number of hydrogen-bond acceptors (Lipinski definition) is 2. The summed E-state index contributed by atoms with van der Waals surface area (Å²) >= 11 is 0. The second kappa shape index (κ2) is 3.09. The predicted octanol–water partition coefficient (Wildman–Crippen LogP) is 1.39. The Balaban J connectivity index is 2.13. The first kappa shape index (κ1) is 9.71. The maximum atomic E-state index is 10.8. The first-order valence-electron chi connectivity index (χ1n) is 5.16. The molecule has 0 amide bonds. The average Bonchev–Trinajstić information content (AvgIpc) is 2.39. The molecule has 0 aromatic heterocycles. The fourth-order valence-corrected chi connectivity index (χ4v) is 3.21. The van der Waals surface area contributed by atoms with E-state index in [1.807, 2.05) is 0 Å². The van der Waals surface area contributed by atoms with E-state index in [0.717, 1.165) is 12.8 Å². The summed E-state index contributed by atoms with van der Waals surface area (Å²) in [7, 11) is 0. The molecule has 2 rings (SSSR count). The average molecular weight is 195 g/mol. The van der Waals surface area contributed by atoms with Gasteiger partial charge in [0.1, 0.15) is 0 Å². The van der Waals surface area contributed by atoms with Crippen LogP contribution in [0.4, 0.5) is 0 Å². The summed E-state index contributed by atoms with van der Waals surface area (Å²) in [5.41, 5.74) is 7.00. The molecule has 0 aliphatic heterocycles. The molecule has 1 saturated carbocycles. The van der Waals surface area contributed by atoms with Crippen molar-refractivity contribution in [1.29, 1.82) is 0 Å². The second-order valence-corrected chi connectivity index (χ2v) is 4.84. The number of aliphatic carboxylic acids is 1. The molecule has 0 unspecified atom stereocenters. The summed E-state index contributed by atoms with van der Waals surface area (Å²) in [5, 5.41) is 8.85. The topological polar surface area (TPSA) is 63.3 Å². The first-order chi connectivity index (χ1) is 6.57. The van der Waals surface area contributed by atoms with Crippen molar-refractivity contribution in [1.82, 2.24) is 0 Å². The molecular weight excluding hydrogens is 178 g/mol. The van der Waals surface area contributed by atoms with Crippen LogP contribution in [0.1, 0.15) is 26.2 Å². The van der Waals surface area contributed by atoms with Crippen molar-refractivity contribution >= 4 is 5.97 Å². The van der Waals surface area contributed by atoms with Crippen LogP contribution in [0.25, 0.3) is 0 Å². The third-order valence-corrected chi connectivity index (χ3v) is 3.84. The van der Waals surface area contributed by atoms with Gasteiger partial charge >= 0.3 is 5.97 Å². The quantitative estimate of drug-likeness (QED) is 0.669. The summed E-state index contributed by atoms with van der Waals surface area (Å²) < 4.78 is 0. The molecule has 3 nitrogen and oxygen atoms in total. The summed E-state index contributed by atoms with van der Waals surface area (Å²) in [6.45, 7) is 2.63. The van der Waals surface area contributed by atoms with Crippen LogP contribution < -0.4 is 5.73 Å². The van der Waals surface area contributed by atoms with Crippen LogP contribution in [0.3, 0.4) is 0 Å². The van der Waals surface area contributed by atoms with Gasteiger partial charge in [0.15, 0.2) is 0 Å². The van der Waals surface area contributed by atoms with Gasteiger partial charge in [-0.1, -0.05) is 11.6 Å². The van der Waals surface area contributed by atoms with Gasteiger partial charge in [0, 0.05) is 0 Å². The Morgan fingerprint density at radius 3 is 3.00 bits per heavy atom. The molecule has 1 fully saturated rings. The van der Waals surface area contributed by atoms with Crippen LogP contribution >= 0.6 is 0 Å². The van der Waals surface area contributed by atoms with Crippen LogP contribution in [-0.2, 0) is 4.79 Å². The van der Waals surface area contributed by atoms with Crippen molar-refractivity contribution in [2.45, 2.75) is 26.2 Å². The highest BCUT2D eigenvalue weighted by molar-refractivity contribution is 5.68. The predicted molar refractivity (Wildman–Crippen MR) is 53.7 cm³/mol. The molecule has 3 N–H and O–H groups in total. The van der Waals surface area contributed by atoms with E-state index < -0.39 is 5.97 Å². The lowest BCUT2D eigenvalue weighted by Crippen LogP contribution is -2.51. The summed E-state index contributed by atoms with van der Waals surface area (Å²) in [5.74, 6) is 0.397. The fraction of sp³-hybridized carbons (Fsp3) is 0.727. The van der Waals surface area contributed by atoms with Gasteiger partial charge < -0.3 is 10.8 Å². The third-order valence-electron chi connectivity index (χ3n) is 3.84. The second-order valence-electron chi connectivity index (χ2n) is 4.84. The minimum absolute atomic E-state index is 0.131. The van der Waals surface area contributed by atoms with Crippen LogP contribution in [-0.4, -0.2) is 17.6 Å². The summed E-state index contributed by atoms with van der Waals surface area (Å²) in [6, 6.07) is 0. The highest BCUT2D eigenvalue weighted by Gasteiger charge is 2.54. The maximum absolute atomic E-state index is 10.8. The van der Waals surface area contributed by atoms with Crippen molar-refractivity contribution in [2.75, 3.05) is 6.54 Å². The number of allylic oxidation sites excluding steroid dienone is 2. The monoisotopic (exact) mass is 195 g/mol. The van der Waals surface area contributed by atoms with Gasteiger partial charge in [-0.05, 0) is 43.6 Å². The Morgan fingerprint density at radius 1 is 1.79 bits per heavy atom. The van der Waals surface area contributed by atoms with Crippen LogP contribution in [0.5, 0.6) is 0 Å². The Hall–Kier alpha value is -0.830. The van der Waals surface area contributed by atoms with Gasteiger partial charge in [-0.2, -0.15) is 0 Å². The molecule has 2 aliphatic rings. The van der Waals surface area contributed by atoms with E-state index in [1.54, 1.807) is 0 Å². The van der Waals surface area contributed by atoms with Crippen LogP contribution in [0.15, 0.2) is 11.6 Å². The molecule has 78 valence electrons. The number of carboxylic acids is 1. The molecule has 0 aromatic carbocycles. The van der Waals surface area contributed by atoms with Gasteiger partial charge in [0.2, 0.25) is 0 Å². The summed E-state index contributed by atoms with van der Waals surface area (Å²) in [6.07, 6.45) is 4.61.